The predicted octanol–water partition coefficient (Wildman–Crippen LogP) is 1.58. The van der Waals surface area contributed by atoms with Crippen molar-refractivity contribution in [2.45, 2.75) is 37.5 Å². The zero-order valence-electron chi connectivity index (χ0n) is 14.8. The maximum Gasteiger partial charge on any atom is 0.252 e. The van der Waals surface area contributed by atoms with Gasteiger partial charge in [0, 0.05) is 36.3 Å². The number of ether oxygens (including phenoxy) is 1. The van der Waals surface area contributed by atoms with Crippen molar-refractivity contribution in [1.82, 2.24) is 15.2 Å². The van der Waals surface area contributed by atoms with Crippen LogP contribution in [-0.4, -0.2) is 65.4 Å². The number of hydrogen-bond donors (Lipinski definition) is 2. The molecule has 1 aromatic heterocycles. The zero-order valence-corrected chi connectivity index (χ0v) is 14.8. The van der Waals surface area contributed by atoms with Gasteiger partial charge in [0.1, 0.15) is 0 Å². The van der Waals surface area contributed by atoms with Crippen molar-refractivity contribution in [2.24, 2.45) is 0 Å². The highest BCUT2D eigenvalue weighted by Gasteiger charge is 2.36. The van der Waals surface area contributed by atoms with E-state index in [1.807, 2.05) is 30.3 Å². The molecule has 1 aromatic carbocycles. The number of carbonyl (C=O) groups is 1. The van der Waals surface area contributed by atoms with Gasteiger partial charge in [0.2, 0.25) is 0 Å². The minimum Gasteiger partial charge on any atom is -0.389 e. The van der Waals surface area contributed by atoms with Crippen LogP contribution in [0.1, 0.15) is 29.6 Å². The van der Waals surface area contributed by atoms with Gasteiger partial charge >= 0.3 is 0 Å². The number of morpholine rings is 1. The first kappa shape index (κ1) is 17.4. The van der Waals surface area contributed by atoms with Crippen LogP contribution in [0.4, 0.5) is 0 Å². The molecule has 1 saturated heterocycles. The van der Waals surface area contributed by atoms with Gasteiger partial charge in [-0.1, -0.05) is 12.1 Å². The number of nitrogens with zero attached hydrogens (tertiary/aromatic N) is 2. The number of aromatic nitrogens is 1. The van der Waals surface area contributed by atoms with Crippen LogP contribution >= 0.6 is 0 Å². The van der Waals surface area contributed by atoms with Crippen LogP contribution in [0.2, 0.25) is 0 Å². The number of amides is 1. The molecule has 0 unspecified atom stereocenters. The summed E-state index contributed by atoms with van der Waals surface area (Å²) in [5.74, 6) is -0.143. The van der Waals surface area contributed by atoms with E-state index in [4.69, 9.17) is 4.74 Å². The Labute approximate surface area is 153 Å². The molecule has 4 rings (SSSR count). The van der Waals surface area contributed by atoms with E-state index in [0.29, 0.717) is 18.8 Å². The van der Waals surface area contributed by atoms with E-state index >= 15 is 0 Å². The van der Waals surface area contributed by atoms with Gasteiger partial charge in [-0.25, -0.2) is 0 Å². The number of fused-ring (bicyclic) bond motifs is 1. The molecule has 2 aromatic rings. The van der Waals surface area contributed by atoms with Gasteiger partial charge in [-0.2, -0.15) is 0 Å². The predicted molar refractivity (Wildman–Crippen MR) is 99.0 cm³/mol. The third-order valence-corrected chi connectivity index (χ3v) is 5.54. The van der Waals surface area contributed by atoms with Crippen molar-refractivity contribution in [3.8, 4) is 0 Å². The van der Waals surface area contributed by atoms with E-state index in [0.717, 1.165) is 43.3 Å². The molecule has 0 bridgehead atoms. The number of carbonyl (C=O) groups excluding carboxylic acids is 1. The molecule has 3 atom stereocenters. The Bertz CT molecular complexity index is 770. The molecular formula is C20H25N3O3. The van der Waals surface area contributed by atoms with E-state index in [1.165, 1.54) is 0 Å². The number of aliphatic hydroxyl groups excluding tert-OH is 1. The van der Waals surface area contributed by atoms with E-state index in [-0.39, 0.29) is 18.0 Å². The van der Waals surface area contributed by atoms with Crippen LogP contribution in [0, 0.1) is 0 Å². The van der Waals surface area contributed by atoms with Crippen molar-refractivity contribution in [2.75, 3.05) is 26.3 Å². The molecule has 138 valence electrons. The first-order valence-corrected chi connectivity index (χ1v) is 9.38. The van der Waals surface area contributed by atoms with E-state index in [1.54, 1.807) is 6.20 Å². The second-order valence-corrected chi connectivity index (χ2v) is 7.09. The molecule has 1 amide bonds. The Hall–Kier alpha value is -2.02. The van der Waals surface area contributed by atoms with Gasteiger partial charge in [-0.15, -0.1) is 0 Å². The molecule has 6 heteroatoms. The number of aliphatic hydroxyl groups is 1. The Balaban J connectivity index is 1.49. The lowest BCUT2D eigenvalue weighted by atomic mass is 9.86. The van der Waals surface area contributed by atoms with Crippen LogP contribution in [-0.2, 0) is 4.74 Å². The molecule has 6 nitrogen and oxygen atoms in total. The number of hydrogen-bond acceptors (Lipinski definition) is 5. The monoisotopic (exact) mass is 355 g/mol. The fourth-order valence-electron chi connectivity index (χ4n) is 4.17. The summed E-state index contributed by atoms with van der Waals surface area (Å²) in [5.41, 5.74) is 1.41. The molecule has 0 spiro atoms. The van der Waals surface area contributed by atoms with E-state index < -0.39 is 6.10 Å². The van der Waals surface area contributed by atoms with Gasteiger partial charge in [0.15, 0.2) is 0 Å². The first-order chi connectivity index (χ1) is 12.7. The summed E-state index contributed by atoms with van der Waals surface area (Å²) in [5, 5.41) is 14.8. The quantitative estimate of drug-likeness (QED) is 0.874. The second kappa shape index (κ2) is 7.70. The van der Waals surface area contributed by atoms with Gasteiger partial charge in [0.25, 0.3) is 5.91 Å². The van der Waals surface area contributed by atoms with Crippen LogP contribution in [0.5, 0.6) is 0 Å². The Morgan fingerprint density at radius 1 is 1.19 bits per heavy atom. The molecule has 26 heavy (non-hydrogen) atoms. The molecule has 1 saturated carbocycles. The van der Waals surface area contributed by atoms with Crippen LogP contribution in [0.25, 0.3) is 10.9 Å². The lowest BCUT2D eigenvalue weighted by Crippen LogP contribution is -2.58. The molecule has 0 radical (unpaired) electrons. The van der Waals surface area contributed by atoms with E-state index in [2.05, 4.69) is 15.2 Å². The molecule has 2 fully saturated rings. The summed E-state index contributed by atoms with van der Waals surface area (Å²) >= 11 is 0. The fourth-order valence-corrected chi connectivity index (χ4v) is 4.17. The molecule has 2 heterocycles. The summed E-state index contributed by atoms with van der Waals surface area (Å²) in [6.07, 6.45) is 3.93. The molecule has 1 aliphatic heterocycles. The number of benzene rings is 1. The maximum atomic E-state index is 12.9. The highest BCUT2D eigenvalue weighted by atomic mass is 16.5. The number of nitrogens with one attached hydrogen (secondary N) is 1. The fraction of sp³-hybridized carbons (Fsp3) is 0.500. The number of pyridine rings is 1. The summed E-state index contributed by atoms with van der Waals surface area (Å²) in [6, 6.07) is 9.17. The largest absolute Gasteiger partial charge is 0.389 e. The zero-order chi connectivity index (χ0) is 17.9. The smallest absolute Gasteiger partial charge is 0.252 e. The van der Waals surface area contributed by atoms with E-state index in [9.17, 15) is 9.90 Å². The van der Waals surface area contributed by atoms with Crippen LogP contribution < -0.4 is 5.32 Å². The lowest BCUT2D eigenvalue weighted by molar-refractivity contribution is -0.0459. The minimum absolute atomic E-state index is 0.0899. The third kappa shape index (κ3) is 3.45. The van der Waals surface area contributed by atoms with Crippen molar-refractivity contribution in [1.29, 1.82) is 0 Å². The standard InChI is InChI=1S/C20H25N3O3/c24-19-17(7-2-8-18(19)23-10-12-26-13-11-23)22-20(25)15-4-1-6-16-14(15)5-3-9-21-16/h1,3-6,9,17-19,24H,2,7-8,10-13H2,(H,22,25)/t17-,18-,19-/m1/s1. The number of rotatable bonds is 3. The molecule has 2 N–H and O–H groups in total. The van der Waals surface area contributed by atoms with Gasteiger partial charge in [0.05, 0.1) is 30.9 Å². The van der Waals surface area contributed by atoms with Gasteiger partial charge in [-0.3, -0.25) is 14.7 Å². The summed E-state index contributed by atoms with van der Waals surface area (Å²) < 4.78 is 5.42. The first-order valence-electron chi connectivity index (χ1n) is 9.38. The van der Waals surface area contributed by atoms with Crippen molar-refractivity contribution in [3.05, 3.63) is 42.1 Å². The average molecular weight is 355 g/mol. The van der Waals surface area contributed by atoms with Crippen molar-refractivity contribution >= 4 is 16.8 Å². The maximum absolute atomic E-state index is 12.9. The summed E-state index contributed by atoms with van der Waals surface area (Å²) in [7, 11) is 0. The van der Waals surface area contributed by atoms with Crippen molar-refractivity contribution < 1.29 is 14.6 Å². The molecule has 1 aliphatic carbocycles. The van der Waals surface area contributed by atoms with Crippen LogP contribution in [0.3, 0.4) is 0 Å². The highest BCUT2D eigenvalue weighted by Crippen LogP contribution is 2.25. The van der Waals surface area contributed by atoms with Crippen LogP contribution in [0.15, 0.2) is 36.5 Å². The highest BCUT2D eigenvalue weighted by molar-refractivity contribution is 6.06. The third-order valence-electron chi connectivity index (χ3n) is 5.54. The van der Waals surface area contributed by atoms with Gasteiger partial charge < -0.3 is 15.2 Å². The summed E-state index contributed by atoms with van der Waals surface area (Å²) in [6.45, 7) is 3.11. The molecule has 2 aliphatic rings. The van der Waals surface area contributed by atoms with Gasteiger partial charge in [-0.05, 0) is 37.5 Å². The second-order valence-electron chi connectivity index (χ2n) is 7.09. The Kier molecular flexibility index (Phi) is 5.15. The molecular weight excluding hydrogens is 330 g/mol. The Morgan fingerprint density at radius 2 is 2.04 bits per heavy atom. The van der Waals surface area contributed by atoms with Crippen molar-refractivity contribution in [3.63, 3.8) is 0 Å². The minimum atomic E-state index is -0.557. The average Bonchev–Trinajstić information content (AvgIpc) is 2.70. The summed E-state index contributed by atoms with van der Waals surface area (Å²) in [4.78, 5) is 19.5. The SMILES string of the molecule is O=C(N[C@@H]1CCC[C@@H](N2CCOCC2)[C@@H]1O)c1cccc2ncccc12. The normalized spacial score (nSPS) is 27.3. The topological polar surface area (TPSA) is 74.7 Å². The lowest BCUT2D eigenvalue weighted by Gasteiger charge is -2.43. The Morgan fingerprint density at radius 3 is 2.88 bits per heavy atom.